The van der Waals surface area contributed by atoms with Gasteiger partial charge in [-0.2, -0.15) is 0 Å². The molecule has 0 bridgehead atoms. The van der Waals surface area contributed by atoms with Crippen LogP contribution in [-0.2, 0) is 0 Å². The number of hydrogen-bond donors (Lipinski definition) is 2. The molecule has 1 aliphatic carbocycles. The van der Waals surface area contributed by atoms with Gasteiger partial charge in [0.1, 0.15) is 11.3 Å². The second-order valence-electron chi connectivity index (χ2n) is 9.39. The van der Waals surface area contributed by atoms with Gasteiger partial charge in [-0.3, -0.25) is 4.79 Å². The van der Waals surface area contributed by atoms with Gasteiger partial charge < -0.3 is 14.8 Å². The van der Waals surface area contributed by atoms with Crippen LogP contribution in [0.1, 0.15) is 80.1 Å². The SMILES string of the molecule is CC(Nc1ccccc1C(=O)O)c1cccc2c(=O)cc(C3CCC(C)(C)CC3)oc12. The number of benzene rings is 2. The van der Waals surface area contributed by atoms with E-state index in [9.17, 15) is 14.7 Å². The Hall–Kier alpha value is -3.08. The molecule has 0 saturated heterocycles. The maximum Gasteiger partial charge on any atom is 0.337 e. The molecule has 162 valence electrons. The smallest absolute Gasteiger partial charge is 0.337 e. The van der Waals surface area contributed by atoms with Crippen LogP contribution in [0.5, 0.6) is 0 Å². The molecule has 0 amide bonds. The minimum atomic E-state index is -0.984. The van der Waals surface area contributed by atoms with Crippen molar-refractivity contribution in [2.75, 3.05) is 5.32 Å². The molecule has 0 spiro atoms. The summed E-state index contributed by atoms with van der Waals surface area (Å²) >= 11 is 0. The molecule has 0 radical (unpaired) electrons. The van der Waals surface area contributed by atoms with Gasteiger partial charge in [0.05, 0.1) is 17.0 Å². The third kappa shape index (κ3) is 4.36. The first kappa shape index (κ1) is 21.2. The number of anilines is 1. The molecular formula is C26H29NO4. The number of carbonyl (C=O) groups is 1. The van der Waals surface area contributed by atoms with Crippen molar-refractivity contribution < 1.29 is 14.3 Å². The predicted octanol–water partition coefficient (Wildman–Crippen LogP) is 6.35. The Morgan fingerprint density at radius 3 is 2.55 bits per heavy atom. The number of nitrogens with one attached hydrogen (secondary N) is 1. The Balaban J connectivity index is 1.71. The highest BCUT2D eigenvalue weighted by Crippen LogP contribution is 2.42. The lowest BCUT2D eigenvalue weighted by atomic mass is 9.72. The number of rotatable bonds is 5. The molecule has 4 rings (SSSR count). The standard InChI is InChI=1S/C26H29NO4/c1-16(27-21-10-5-4-7-19(21)25(29)30)18-8-6-9-20-22(28)15-23(31-24(18)20)17-11-13-26(2,3)14-12-17/h4-10,15-17,27H,11-14H2,1-3H3,(H,29,30). The Morgan fingerprint density at radius 2 is 1.84 bits per heavy atom. The van der Waals surface area contributed by atoms with Crippen LogP contribution >= 0.6 is 0 Å². The van der Waals surface area contributed by atoms with Crippen LogP contribution in [0.25, 0.3) is 11.0 Å². The fourth-order valence-corrected chi connectivity index (χ4v) is 4.55. The Labute approximate surface area is 182 Å². The van der Waals surface area contributed by atoms with E-state index in [1.54, 1.807) is 36.4 Å². The molecule has 2 N–H and O–H groups in total. The van der Waals surface area contributed by atoms with E-state index < -0.39 is 5.97 Å². The minimum Gasteiger partial charge on any atom is -0.478 e. The van der Waals surface area contributed by atoms with Gasteiger partial charge in [0, 0.05) is 23.2 Å². The number of carboxylic acid groups (broad SMARTS) is 1. The fraction of sp³-hybridized carbons (Fsp3) is 0.385. The number of fused-ring (bicyclic) bond motifs is 1. The van der Waals surface area contributed by atoms with Crippen molar-refractivity contribution in [3.63, 3.8) is 0 Å². The molecule has 1 aliphatic rings. The normalized spacial score (nSPS) is 17.4. The molecule has 1 aromatic heterocycles. The van der Waals surface area contributed by atoms with Crippen LogP contribution in [0.2, 0.25) is 0 Å². The average molecular weight is 420 g/mol. The average Bonchev–Trinajstić information content (AvgIpc) is 2.73. The molecule has 1 saturated carbocycles. The van der Waals surface area contributed by atoms with Gasteiger partial charge in [0.2, 0.25) is 0 Å². The zero-order chi connectivity index (χ0) is 22.2. The van der Waals surface area contributed by atoms with Crippen molar-refractivity contribution in [1.82, 2.24) is 0 Å². The lowest BCUT2D eigenvalue weighted by Gasteiger charge is -2.33. The Morgan fingerprint density at radius 1 is 1.13 bits per heavy atom. The summed E-state index contributed by atoms with van der Waals surface area (Å²) in [5, 5.41) is 13.3. The summed E-state index contributed by atoms with van der Waals surface area (Å²) in [6, 6.07) is 13.8. The summed E-state index contributed by atoms with van der Waals surface area (Å²) in [5.41, 5.74) is 2.49. The zero-order valence-electron chi connectivity index (χ0n) is 18.3. The summed E-state index contributed by atoms with van der Waals surface area (Å²) in [4.78, 5) is 24.5. The molecule has 1 fully saturated rings. The monoisotopic (exact) mass is 419 g/mol. The van der Waals surface area contributed by atoms with Crippen LogP contribution in [0.4, 0.5) is 5.69 Å². The van der Waals surface area contributed by atoms with E-state index in [0.717, 1.165) is 37.0 Å². The van der Waals surface area contributed by atoms with E-state index in [-0.39, 0.29) is 23.0 Å². The molecule has 1 heterocycles. The number of hydrogen-bond acceptors (Lipinski definition) is 4. The molecule has 2 aromatic carbocycles. The molecule has 3 aromatic rings. The van der Waals surface area contributed by atoms with Crippen molar-refractivity contribution in [1.29, 1.82) is 0 Å². The van der Waals surface area contributed by atoms with Gasteiger partial charge in [0.25, 0.3) is 0 Å². The number of carboxylic acids is 1. The van der Waals surface area contributed by atoms with E-state index >= 15 is 0 Å². The summed E-state index contributed by atoms with van der Waals surface area (Å²) in [6.45, 7) is 6.53. The summed E-state index contributed by atoms with van der Waals surface area (Å²) in [7, 11) is 0. The van der Waals surface area contributed by atoms with Crippen molar-refractivity contribution >= 4 is 22.6 Å². The Bertz CT molecular complexity index is 1170. The third-order valence-corrected chi connectivity index (χ3v) is 6.54. The Kier molecular flexibility index (Phi) is 5.61. The van der Waals surface area contributed by atoms with Crippen molar-refractivity contribution in [3.05, 3.63) is 75.6 Å². The highest BCUT2D eigenvalue weighted by molar-refractivity contribution is 5.94. The number of para-hydroxylation sites is 2. The molecule has 1 unspecified atom stereocenters. The van der Waals surface area contributed by atoms with Crippen LogP contribution < -0.4 is 10.7 Å². The quantitative estimate of drug-likeness (QED) is 0.504. The summed E-state index contributed by atoms with van der Waals surface area (Å²) in [5.74, 6) is 0.0371. The molecular weight excluding hydrogens is 390 g/mol. The molecule has 1 atom stereocenters. The first-order valence-corrected chi connectivity index (χ1v) is 10.9. The maximum absolute atomic E-state index is 12.9. The van der Waals surface area contributed by atoms with Gasteiger partial charge in [-0.15, -0.1) is 0 Å². The highest BCUT2D eigenvalue weighted by atomic mass is 16.4. The fourth-order valence-electron chi connectivity index (χ4n) is 4.55. The van der Waals surface area contributed by atoms with Gasteiger partial charge in [-0.25, -0.2) is 4.79 Å². The van der Waals surface area contributed by atoms with E-state index in [2.05, 4.69) is 19.2 Å². The van der Waals surface area contributed by atoms with Crippen molar-refractivity contribution in [2.45, 2.75) is 58.4 Å². The lowest BCUT2D eigenvalue weighted by Crippen LogP contribution is -2.21. The maximum atomic E-state index is 12.9. The van der Waals surface area contributed by atoms with Gasteiger partial charge in [0.15, 0.2) is 5.43 Å². The zero-order valence-corrected chi connectivity index (χ0v) is 18.3. The first-order valence-electron chi connectivity index (χ1n) is 10.9. The third-order valence-electron chi connectivity index (χ3n) is 6.54. The van der Waals surface area contributed by atoms with Crippen LogP contribution in [0.15, 0.2) is 57.7 Å². The number of aromatic carboxylic acids is 1. The molecule has 5 nitrogen and oxygen atoms in total. The molecule has 31 heavy (non-hydrogen) atoms. The van der Waals surface area contributed by atoms with Crippen LogP contribution in [-0.4, -0.2) is 11.1 Å². The van der Waals surface area contributed by atoms with Gasteiger partial charge >= 0.3 is 5.97 Å². The molecule has 5 heteroatoms. The van der Waals surface area contributed by atoms with E-state index in [0.29, 0.717) is 22.1 Å². The highest BCUT2D eigenvalue weighted by Gasteiger charge is 2.29. The van der Waals surface area contributed by atoms with E-state index in [4.69, 9.17) is 4.42 Å². The summed E-state index contributed by atoms with van der Waals surface area (Å²) in [6.07, 6.45) is 4.27. The van der Waals surface area contributed by atoms with Crippen molar-refractivity contribution in [2.24, 2.45) is 5.41 Å². The largest absolute Gasteiger partial charge is 0.478 e. The molecule has 0 aliphatic heterocycles. The first-order chi connectivity index (χ1) is 14.7. The lowest BCUT2D eigenvalue weighted by molar-refractivity contribution is 0.0698. The van der Waals surface area contributed by atoms with Gasteiger partial charge in [-0.1, -0.05) is 38.1 Å². The second kappa shape index (κ2) is 8.22. The topological polar surface area (TPSA) is 79.5 Å². The minimum absolute atomic E-state index is 0.0268. The van der Waals surface area contributed by atoms with Gasteiger partial charge in [-0.05, 0) is 56.2 Å². The van der Waals surface area contributed by atoms with Crippen LogP contribution in [0.3, 0.4) is 0 Å². The van der Waals surface area contributed by atoms with Crippen LogP contribution in [0, 0.1) is 5.41 Å². The second-order valence-corrected chi connectivity index (χ2v) is 9.39. The van der Waals surface area contributed by atoms with E-state index in [1.165, 1.54) is 0 Å². The van der Waals surface area contributed by atoms with E-state index in [1.807, 2.05) is 19.1 Å². The predicted molar refractivity (Wildman–Crippen MR) is 123 cm³/mol. The summed E-state index contributed by atoms with van der Waals surface area (Å²) < 4.78 is 6.36. The van der Waals surface area contributed by atoms with Crippen molar-refractivity contribution in [3.8, 4) is 0 Å².